The lowest BCUT2D eigenvalue weighted by atomic mass is 10.2. The molecule has 0 bridgehead atoms. The first kappa shape index (κ1) is 13.1. The molecule has 2 N–H and O–H groups in total. The van der Waals surface area contributed by atoms with E-state index in [9.17, 15) is 5.11 Å². The van der Waals surface area contributed by atoms with Gasteiger partial charge in [-0.15, -0.1) is 0 Å². The third-order valence-corrected chi connectivity index (χ3v) is 3.42. The van der Waals surface area contributed by atoms with Gasteiger partial charge < -0.3 is 24.5 Å². The van der Waals surface area contributed by atoms with Gasteiger partial charge in [0.05, 0.1) is 32.1 Å². The second-order valence-electron chi connectivity index (χ2n) is 4.74. The molecule has 108 valence electrons. The normalized spacial score (nSPS) is 19.5. The van der Waals surface area contributed by atoms with Crippen molar-refractivity contribution in [3.8, 4) is 0 Å². The van der Waals surface area contributed by atoms with Crippen LogP contribution < -0.4 is 10.2 Å². The molecule has 20 heavy (non-hydrogen) atoms. The number of aromatic nitrogens is 3. The Morgan fingerprint density at radius 3 is 3.25 bits per heavy atom. The van der Waals surface area contributed by atoms with Gasteiger partial charge in [-0.3, -0.25) is 0 Å². The molecule has 0 saturated carbocycles. The Kier molecular flexibility index (Phi) is 3.70. The van der Waals surface area contributed by atoms with Gasteiger partial charge in [-0.2, -0.15) is 0 Å². The summed E-state index contributed by atoms with van der Waals surface area (Å²) in [6.07, 6.45) is 5.57. The second-order valence-corrected chi connectivity index (χ2v) is 4.74. The largest absolute Gasteiger partial charge is 0.394 e. The van der Waals surface area contributed by atoms with E-state index in [-0.39, 0.29) is 12.6 Å². The number of imidazole rings is 1. The Morgan fingerprint density at radius 1 is 1.55 bits per heavy atom. The summed E-state index contributed by atoms with van der Waals surface area (Å²) >= 11 is 0. The van der Waals surface area contributed by atoms with Gasteiger partial charge >= 0.3 is 0 Å². The standard InChI is InChI=1S/C13H19N5O2/c1-2-14-11-7-17-4-3-15-12(17)13(16-11)18-5-6-20-9-10(18)8-19/h3-4,7,10,14,19H,2,5-6,8-9H2,1H3. The van der Waals surface area contributed by atoms with E-state index in [1.165, 1.54) is 0 Å². The number of aliphatic hydroxyl groups excluding tert-OH is 1. The van der Waals surface area contributed by atoms with Crippen LogP contribution in [-0.4, -0.2) is 58.4 Å². The highest BCUT2D eigenvalue weighted by molar-refractivity contribution is 5.67. The van der Waals surface area contributed by atoms with Crippen LogP contribution in [0.2, 0.25) is 0 Å². The van der Waals surface area contributed by atoms with Crippen LogP contribution in [0.1, 0.15) is 6.92 Å². The van der Waals surface area contributed by atoms with Crippen molar-refractivity contribution >= 4 is 17.3 Å². The molecule has 3 heterocycles. The molecular formula is C13H19N5O2. The van der Waals surface area contributed by atoms with E-state index in [0.29, 0.717) is 19.8 Å². The van der Waals surface area contributed by atoms with Crippen molar-refractivity contribution in [3.63, 3.8) is 0 Å². The van der Waals surface area contributed by atoms with Crippen LogP contribution in [0, 0.1) is 0 Å². The fourth-order valence-electron chi connectivity index (χ4n) is 2.46. The minimum absolute atomic E-state index is 0.0416. The first-order valence-corrected chi connectivity index (χ1v) is 6.86. The number of aliphatic hydroxyl groups is 1. The molecule has 1 unspecified atom stereocenters. The van der Waals surface area contributed by atoms with Crippen LogP contribution in [0.3, 0.4) is 0 Å². The topological polar surface area (TPSA) is 74.9 Å². The average molecular weight is 277 g/mol. The number of anilines is 2. The molecule has 1 saturated heterocycles. The van der Waals surface area contributed by atoms with Gasteiger partial charge in [0.2, 0.25) is 0 Å². The lowest BCUT2D eigenvalue weighted by Crippen LogP contribution is -2.48. The van der Waals surface area contributed by atoms with Crippen LogP contribution in [0.5, 0.6) is 0 Å². The number of ether oxygens (including phenoxy) is 1. The van der Waals surface area contributed by atoms with E-state index < -0.39 is 0 Å². The molecule has 1 fully saturated rings. The first-order valence-electron chi connectivity index (χ1n) is 6.86. The summed E-state index contributed by atoms with van der Waals surface area (Å²) in [7, 11) is 0. The minimum Gasteiger partial charge on any atom is -0.394 e. The third-order valence-electron chi connectivity index (χ3n) is 3.42. The number of nitrogens with zero attached hydrogens (tertiary/aromatic N) is 4. The van der Waals surface area contributed by atoms with Gasteiger partial charge in [0.15, 0.2) is 11.5 Å². The zero-order valence-corrected chi connectivity index (χ0v) is 11.5. The monoisotopic (exact) mass is 277 g/mol. The number of fused-ring (bicyclic) bond motifs is 1. The van der Waals surface area contributed by atoms with E-state index in [0.717, 1.165) is 23.8 Å². The Hall–Kier alpha value is -1.86. The van der Waals surface area contributed by atoms with Crippen LogP contribution in [0.25, 0.3) is 5.65 Å². The van der Waals surface area contributed by atoms with E-state index >= 15 is 0 Å². The SMILES string of the molecule is CCNc1cn2ccnc2c(N2CCOCC2CO)n1. The summed E-state index contributed by atoms with van der Waals surface area (Å²) in [5, 5.41) is 12.7. The first-order chi connectivity index (χ1) is 9.83. The molecule has 1 aliphatic heterocycles. The Morgan fingerprint density at radius 2 is 2.45 bits per heavy atom. The molecule has 7 heteroatoms. The molecule has 1 aliphatic rings. The second kappa shape index (κ2) is 5.64. The van der Waals surface area contributed by atoms with Gasteiger partial charge in [0.1, 0.15) is 5.82 Å². The summed E-state index contributed by atoms with van der Waals surface area (Å²) in [6.45, 7) is 4.73. The Balaban J connectivity index is 2.05. The molecule has 0 radical (unpaired) electrons. The highest BCUT2D eigenvalue weighted by Crippen LogP contribution is 2.24. The Labute approximate surface area is 117 Å². The predicted molar refractivity (Wildman–Crippen MR) is 76.2 cm³/mol. The fourth-order valence-corrected chi connectivity index (χ4v) is 2.46. The number of hydrogen-bond donors (Lipinski definition) is 2. The number of nitrogens with one attached hydrogen (secondary N) is 1. The van der Waals surface area contributed by atoms with Gasteiger partial charge in [-0.25, -0.2) is 9.97 Å². The average Bonchev–Trinajstić information content (AvgIpc) is 2.95. The summed E-state index contributed by atoms with van der Waals surface area (Å²) in [4.78, 5) is 11.1. The molecule has 0 aromatic carbocycles. The van der Waals surface area contributed by atoms with Gasteiger partial charge in [0.25, 0.3) is 0 Å². The maximum absolute atomic E-state index is 9.53. The van der Waals surface area contributed by atoms with E-state index in [1.54, 1.807) is 6.20 Å². The van der Waals surface area contributed by atoms with E-state index in [1.807, 2.05) is 23.7 Å². The van der Waals surface area contributed by atoms with Crippen molar-refractivity contribution in [1.82, 2.24) is 14.4 Å². The van der Waals surface area contributed by atoms with Crippen molar-refractivity contribution < 1.29 is 9.84 Å². The van der Waals surface area contributed by atoms with Gasteiger partial charge in [-0.1, -0.05) is 0 Å². The molecule has 0 spiro atoms. The molecule has 2 aromatic heterocycles. The lowest BCUT2D eigenvalue weighted by Gasteiger charge is -2.35. The van der Waals surface area contributed by atoms with Crippen LogP contribution in [0.15, 0.2) is 18.6 Å². The maximum Gasteiger partial charge on any atom is 0.180 e. The quantitative estimate of drug-likeness (QED) is 0.840. The van der Waals surface area contributed by atoms with Crippen LogP contribution in [0.4, 0.5) is 11.6 Å². The molecule has 7 nitrogen and oxygen atoms in total. The lowest BCUT2D eigenvalue weighted by molar-refractivity contribution is 0.0724. The number of morpholine rings is 1. The van der Waals surface area contributed by atoms with Crippen molar-refractivity contribution in [2.75, 3.05) is 43.1 Å². The van der Waals surface area contributed by atoms with Crippen LogP contribution >= 0.6 is 0 Å². The minimum atomic E-state index is -0.0753. The highest BCUT2D eigenvalue weighted by Gasteiger charge is 2.26. The van der Waals surface area contributed by atoms with Crippen molar-refractivity contribution in [1.29, 1.82) is 0 Å². The van der Waals surface area contributed by atoms with Crippen LogP contribution in [-0.2, 0) is 4.74 Å². The van der Waals surface area contributed by atoms with Crippen molar-refractivity contribution in [3.05, 3.63) is 18.6 Å². The van der Waals surface area contributed by atoms with Crippen molar-refractivity contribution in [2.45, 2.75) is 13.0 Å². The molecule has 2 aromatic rings. The summed E-state index contributed by atoms with van der Waals surface area (Å²) in [6, 6.07) is -0.0753. The molecule has 1 atom stereocenters. The summed E-state index contributed by atoms with van der Waals surface area (Å²) in [5.41, 5.74) is 0.798. The molecule has 0 amide bonds. The fraction of sp³-hybridized carbons (Fsp3) is 0.538. The molecular weight excluding hydrogens is 258 g/mol. The Bertz CT molecular complexity index is 585. The zero-order chi connectivity index (χ0) is 13.9. The third kappa shape index (κ3) is 2.30. The predicted octanol–water partition coefficient (Wildman–Crippen LogP) is 0.359. The molecule has 0 aliphatic carbocycles. The molecule has 3 rings (SSSR count). The zero-order valence-electron chi connectivity index (χ0n) is 11.5. The summed E-state index contributed by atoms with van der Waals surface area (Å²) < 4.78 is 7.37. The number of hydrogen-bond acceptors (Lipinski definition) is 6. The van der Waals surface area contributed by atoms with Gasteiger partial charge in [-0.05, 0) is 6.92 Å². The van der Waals surface area contributed by atoms with Gasteiger partial charge in [0, 0.05) is 25.5 Å². The van der Waals surface area contributed by atoms with Crippen molar-refractivity contribution in [2.24, 2.45) is 0 Å². The van der Waals surface area contributed by atoms with E-state index in [2.05, 4.69) is 20.2 Å². The highest BCUT2D eigenvalue weighted by atomic mass is 16.5. The smallest absolute Gasteiger partial charge is 0.180 e. The maximum atomic E-state index is 9.53. The van der Waals surface area contributed by atoms with E-state index in [4.69, 9.17) is 4.74 Å². The number of rotatable bonds is 4. The summed E-state index contributed by atoms with van der Waals surface area (Å²) in [5.74, 6) is 1.59.